The molecule has 1 heterocycles. The largest absolute Gasteiger partial charge is 0.395 e. The van der Waals surface area contributed by atoms with Crippen molar-refractivity contribution < 1.29 is 9.90 Å². The van der Waals surface area contributed by atoms with Gasteiger partial charge in [0, 0.05) is 25.7 Å². The van der Waals surface area contributed by atoms with Crippen LogP contribution in [0, 0.1) is 5.92 Å². The van der Waals surface area contributed by atoms with Crippen molar-refractivity contribution in [1.29, 1.82) is 0 Å². The third-order valence-corrected chi connectivity index (χ3v) is 4.83. The average molecular weight is 282 g/mol. The van der Waals surface area contributed by atoms with Crippen molar-refractivity contribution >= 4 is 5.91 Å². The van der Waals surface area contributed by atoms with Gasteiger partial charge in [0.15, 0.2) is 0 Å². The molecule has 1 saturated carbocycles. The lowest BCUT2D eigenvalue weighted by Crippen LogP contribution is -2.48. The molecule has 1 unspecified atom stereocenters. The Morgan fingerprint density at radius 3 is 2.60 bits per heavy atom. The molecule has 2 fully saturated rings. The lowest BCUT2D eigenvalue weighted by atomic mass is 9.94. The van der Waals surface area contributed by atoms with Crippen LogP contribution < -0.4 is 0 Å². The average Bonchev–Trinajstić information content (AvgIpc) is 2.47. The summed E-state index contributed by atoms with van der Waals surface area (Å²) in [6, 6.07) is 0.502. The summed E-state index contributed by atoms with van der Waals surface area (Å²) in [5, 5.41) is 9.27. The van der Waals surface area contributed by atoms with E-state index < -0.39 is 0 Å². The van der Waals surface area contributed by atoms with E-state index in [1.165, 1.54) is 38.5 Å². The van der Waals surface area contributed by atoms with E-state index in [0.717, 1.165) is 19.5 Å². The molecular weight excluding hydrogens is 252 g/mol. The Morgan fingerprint density at radius 2 is 1.95 bits per heavy atom. The van der Waals surface area contributed by atoms with Gasteiger partial charge in [0.05, 0.1) is 13.2 Å². The van der Waals surface area contributed by atoms with E-state index in [2.05, 4.69) is 11.8 Å². The maximum Gasteiger partial charge on any atom is 0.236 e. The zero-order valence-electron chi connectivity index (χ0n) is 12.9. The molecule has 1 atom stereocenters. The molecule has 116 valence electrons. The normalized spacial score (nSPS) is 25.1. The van der Waals surface area contributed by atoms with E-state index >= 15 is 0 Å². The van der Waals surface area contributed by atoms with E-state index in [0.29, 0.717) is 25.0 Å². The Balaban J connectivity index is 1.87. The molecule has 0 aromatic carbocycles. The fourth-order valence-electron chi connectivity index (χ4n) is 3.66. The van der Waals surface area contributed by atoms with Crippen LogP contribution in [0.4, 0.5) is 0 Å². The van der Waals surface area contributed by atoms with E-state index in [1.807, 2.05) is 4.90 Å². The van der Waals surface area contributed by atoms with E-state index in [4.69, 9.17) is 0 Å². The second kappa shape index (κ2) is 7.99. The second-order valence-electron chi connectivity index (χ2n) is 6.57. The molecule has 0 bridgehead atoms. The number of carbonyl (C=O) groups is 1. The molecule has 1 aliphatic carbocycles. The van der Waals surface area contributed by atoms with Crippen molar-refractivity contribution in [1.82, 2.24) is 9.80 Å². The molecule has 4 nitrogen and oxygen atoms in total. The van der Waals surface area contributed by atoms with Crippen LogP contribution >= 0.6 is 0 Å². The Hall–Kier alpha value is -0.610. The molecule has 0 spiro atoms. The van der Waals surface area contributed by atoms with Crippen molar-refractivity contribution in [3.8, 4) is 0 Å². The molecule has 0 aromatic rings. The first-order chi connectivity index (χ1) is 9.70. The molecule has 1 saturated heterocycles. The van der Waals surface area contributed by atoms with Gasteiger partial charge >= 0.3 is 0 Å². The summed E-state index contributed by atoms with van der Waals surface area (Å²) >= 11 is 0. The predicted octanol–water partition coefficient (Wildman–Crippen LogP) is 1.87. The molecule has 0 radical (unpaired) electrons. The highest BCUT2D eigenvalue weighted by Gasteiger charge is 2.26. The lowest BCUT2D eigenvalue weighted by Gasteiger charge is -2.36. The van der Waals surface area contributed by atoms with E-state index in [-0.39, 0.29) is 12.5 Å². The molecule has 2 rings (SSSR count). The summed E-state index contributed by atoms with van der Waals surface area (Å²) in [6.45, 7) is 5.35. The van der Waals surface area contributed by atoms with Gasteiger partial charge in [-0.3, -0.25) is 9.69 Å². The third kappa shape index (κ3) is 4.45. The Morgan fingerprint density at radius 1 is 1.20 bits per heavy atom. The highest BCUT2D eigenvalue weighted by molar-refractivity contribution is 5.78. The zero-order valence-corrected chi connectivity index (χ0v) is 12.9. The minimum absolute atomic E-state index is 0.153. The molecule has 1 N–H and O–H groups in total. The van der Waals surface area contributed by atoms with Gasteiger partial charge in [-0.05, 0) is 31.6 Å². The minimum Gasteiger partial charge on any atom is -0.395 e. The fourth-order valence-corrected chi connectivity index (χ4v) is 3.66. The predicted molar refractivity (Wildman–Crippen MR) is 80.5 cm³/mol. The van der Waals surface area contributed by atoms with Gasteiger partial charge in [0.1, 0.15) is 0 Å². The topological polar surface area (TPSA) is 43.8 Å². The van der Waals surface area contributed by atoms with Crippen molar-refractivity contribution in [2.45, 2.75) is 57.9 Å². The number of amides is 1. The fraction of sp³-hybridized carbons (Fsp3) is 0.938. The minimum atomic E-state index is 0.153. The number of piperidine rings is 1. The standard InChI is InChI=1S/C16H30N2O2/c1-14-6-5-9-18(12-14)16(20)13-17(10-11-19)15-7-3-2-4-8-15/h14-15,19H,2-13H2,1H3. The van der Waals surface area contributed by atoms with Gasteiger partial charge in [0.25, 0.3) is 0 Å². The van der Waals surface area contributed by atoms with Crippen molar-refractivity contribution in [3.63, 3.8) is 0 Å². The smallest absolute Gasteiger partial charge is 0.236 e. The molecular formula is C16H30N2O2. The first kappa shape index (κ1) is 15.8. The van der Waals surface area contributed by atoms with Gasteiger partial charge in [0.2, 0.25) is 5.91 Å². The molecule has 4 heteroatoms. The summed E-state index contributed by atoms with van der Waals surface area (Å²) in [7, 11) is 0. The van der Waals surface area contributed by atoms with E-state index in [1.54, 1.807) is 0 Å². The van der Waals surface area contributed by atoms with Gasteiger partial charge < -0.3 is 10.0 Å². The van der Waals surface area contributed by atoms with Crippen LogP contribution in [0.1, 0.15) is 51.9 Å². The van der Waals surface area contributed by atoms with Gasteiger partial charge in [-0.1, -0.05) is 26.2 Å². The maximum absolute atomic E-state index is 12.5. The van der Waals surface area contributed by atoms with Crippen LogP contribution in [-0.2, 0) is 4.79 Å². The van der Waals surface area contributed by atoms with Crippen molar-refractivity contribution in [2.75, 3.05) is 32.8 Å². The highest BCUT2D eigenvalue weighted by Crippen LogP contribution is 2.23. The van der Waals surface area contributed by atoms with Crippen LogP contribution in [-0.4, -0.2) is 59.6 Å². The maximum atomic E-state index is 12.5. The Labute approximate surface area is 123 Å². The van der Waals surface area contributed by atoms with Crippen LogP contribution in [0.2, 0.25) is 0 Å². The van der Waals surface area contributed by atoms with Gasteiger partial charge in [-0.2, -0.15) is 0 Å². The monoisotopic (exact) mass is 282 g/mol. The van der Waals surface area contributed by atoms with Gasteiger partial charge in [-0.15, -0.1) is 0 Å². The molecule has 20 heavy (non-hydrogen) atoms. The summed E-state index contributed by atoms with van der Waals surface area (Å²) in [4.78, 5) is 16.7. The van der Waals surface area contributed by atoms with Crippen molar-refractivity contribution in [2.24, 2.45) is 5.92 Å². The number of aliphatic hydroxyl groups is 1. The Kier molecular flexibility index (Phi) is 6.30. The Bertz CT molecular complexity index is 303. The number of hydrogen-bond acceptors (Lipinski definition) is 3. The molecule has 0 aromatic heterocycles. The number of nitrogens with zero attached hydrogens (tertiary/aromatic N) is 2. The summed E-state index contributed by atoms with van der Waals surface area (Å²) < 4.78 is 0. The summed E-state index contributed by atoms with van der Waals surface area (Å²) in [5.41, 5.74) is 0. The second-order valence-corrected chi connectivity index (χ2v) is 6.57. The van der Waals surface area contributed by atoms with Gasteiger partial charge in [-0.25, -0.2) is 0 Å². The van der Waals surface area contributed by atoms with Crippen LogP contribution in [0.25, 0.3) is 0 Å². The number of hydrogen-bond donors (Lipinski definition) is 1. The summed E-state index contributed by atoms with van der Waals surface area (Å²) in [5.74, 6) is 0.893. The van der Waals surface area contributed by atoms with Crippen LogP contribution in [0.5, 0.6) is 0 Å². The quantitative estimate of drug-likeness (QED) is 0.837. The molecule has 1 aliphatic heterocycles. The number of likely N-dealkylation sites (tertiary alicyclic amines) is 1. The van der Waals surface area contributed by atoms with Crippen molar-refractivity contribution in [3.05, 3.63) is 0 Å². The third-order valence-electron chi connectivity index (χ3n) is 4.83. The molecule has 1 amide bonds. The molecule has 2 aliphatic rings. The SMILES string of the molecule is CC1CCCN(C(=O)CN(CCO)C2CCCCC2)C1. The number of rotatable bonds is 5. The number of aliphatic hydroxyl groups excluding tert-OH is 1. The van der Waals surface area contributed by atoms with Crippen LogP contribution in [0.3, 0.4) is 0 Å². The summed E-state index contributed by atoms with van der Waals surface area (Å²) in [6.07, 6.45) is 8.60. The van der Waals surface area contributed by atoms with Crippen LogP contribution in [0.15, 0.2) is 0 Å². The first-order valence-corrected chi connectivity index (χ1v) is 8.33. The first-order valence-electron chi connectivity index (χ1n) is 8.33. The van der Waals surface area contributed by atoms with E-state index in [9.17, 15) is 9.90 Å². The zero-order chi connectivity index (χ0) is 14.4. The highest BCUT2D eigenvalue weighted by atomic mass is 16.3. The number of carbonyl (C=O) groups excluding carboxylic acids is 1. The lowest BCUT2D eigenvalue weighted by molar-refractivity contribution is -0.135.